The third-order valence-corrected chi connectivity index (χ3v) is 4.21. The number of phenolic OH excluding ortho intramolecular Hbond substituents is 1. The quantitative estimate of drug-likeness (QED) is 0.474. The molecule has 1 nitrogen and oxygen atoms in total. The highest BCUT2D eigenvalue weighted by Crippen LogP contribution is 2.45. The molecule has 0 atom stereocenters. The van der Waals surface area contributed by atoms with Gasteiger partial charge >= 0.3 is 0 Å². The van der Waals surface area contributed by atoms with Gasteiger partial charge in [-0.1, -0.05) is 58.0 Å². The van der Waals surface area contributed by atoms with Crippen molar-refractivity contribution in [2.24, 2.45) is 0 Å². The molecule has 2 rings (SSSR count). The van der Waals surface area contributed by atoms with Gasteiger partial charge < -0.3 is 5.11 Å². The first-order chi connectivity index (χ1) is 8.41. The Kier molecular flexibility index (Phi) is 4.20. The molecule has 0 unspecified atom stereocenters. The van der Waals surface area contributed by atoms with Crippen LogP contribution in [0.15, 0.2) is 24.3 Å². The van der Waals surface area contributed by atoms with Gasteiger partial charge in [0, 0.05) is 11.1 Å². The van der Waals surface area contributed by atoms with Crippen LogP contribution in [0.1, 0.15) is 0 Å². The first-order valence-electron chi connectivity index (χ1n) is 4.73. The Morgan fingerprint density at radius 1 is 0.722 bits per heavy atom. The number of halogens is 5. The number of rotatable bonds is 1. The number of benzene rings is 2. The van der Waals surface area contributed by atoms with Crippen LogP contribution in [0.25, 0.3) is 11.1 Å². The molecular weight excluding hydrogens is 337 g/mol. The fourth-order valence-electron chi connectivity index (χ4n) is 1.52. The van der Waals surface area contributed by atoms with E-state index in [1.165, 1.54) is 18.2 Å². The summed E-state index contributed by atoms with van der Waals surface area (Å²) in [4.78, 5) is 0. The molecule has 0 spiro atoms. The Balaban J connectivity index is 2.75. The predicted octanol–water partition coefficient (Wildman–Crippen LogP) is 6.33. The summed E-state index contributed by atoms with van der Waals surface area (Å²) in [6.07, 6.45) is 0. The molecule has 0 aliphatic heterocycles. The van der Waals surface area contributed by atoms with Gasteiger partial charge in [0.2, 0.25) is 0 Å². The normalized spacial score (nSPS) is 10.7. The third kappa shape index (κ3) is 2.52. The molecule has 0 aliphatic rings. The largest absolute Gasteiger partial charge is 0.508 e. The highest BCUT2D eigenvalue weighted by atomic mass is 35.5. The van der Waals surface area contributed by atoms with Crippen molar-refractivity contribution in [1.82, 2.24) is 0 Å². The van der Waals surface area contributed by atoms with E-state index in [1.807, 2.05) is 0 Å². The molecule has 0 aliphatic carbocycles. The summed E-state index contributed by atoms with van der Waals surface area (Å²) in [6, 6.07) is 5.98. The zero-order chi connectivity index (χ0) is 13.4. The summed E-state index contributed by atoms with van der Waals surface area (Å²) in [6.45, 7) is 0. The lowest BCUT2D eigenvalue weighted by atomic mass is 10.1. The molecule has 2 aromatic carbocycles. The van der Waals surface area contributed by atoms with E-state index in [1.54, 1.807) is 6.07 Å². The van der Waals surface area contributed by atoms with Crippen LogP contribution < -0.4 is 0 Å². The predicted molar refractivity (Wildman–Crippen MR) is 78.6 cm³/mol. The van der Waals surface area contributed by atoms with Crippen molar-refractivity contribution in [3.8, 4) is 16.9 Å². The van der Waals surface area contributed by atoms with Crippen LogP contribution in [0.2, 0.25) is 25.1 Å². The first-order valence-corrected chi connectivity index (χ1v) is 6.62. The minimum Gasteiger partial charge on any atom is -0.508 e. The minimum atomic E-state index is 0.0519. The van der Waals surface area contributed by atoms with Crippen molar-refractivity contribution in [3.05, 3.63) is 49.4 Å². The first kappa shape index (κ1) is 14.1. The second kappa shape index (κ2) is 5.36. The maximum atomic E-state index is 9.32. The van der Waals surface area contributed by atoms with Gasteiger partial charge in [-0.05, 0) is 24.3 Å². The van der Waals surface area contributed by atoms with Crippen molar-refractivity contribution >= 4 is 58.0 Å². The lowest BCUT2D eigenvalue weighted by molar-refractivity contribution is 0.475. The molecule has 0 bridgehead atoms. The van der Waals surface area contributed by atoms with Crippen LogP contribution in [0, 0.1) is 0 Å². The molecule has 0 amide bonds. The molecule has 0 fully saturated rings. The Hall–Kier alpha value is -0.310. The molecule has 0 saturated carbocycles. The van der Waals surface area contributed by atoms with Crippen molar-refractivity contribution in [2.45, 2.75) is 0 Å². The van der Waals surface area contributed by atoms with Crippen molar-refractivity contribution in [3.63, 3.8) is 0 Å². The van der Waals surface area contributed by atoms with Crippen molar-refractivity contribution < 1.29 is 5.11 Å². The van der Waals surface area contributed by atoms with E-state index in [9.17, 15) is 5.11 Å². The summed E-state index contributed by atoms with van der Waals surface area (Å²) < 4.78 is 0. The van der Waals surface area contributed by atoms with Crippen LogP contribution in [0.5, 0.6) is 5.75 Å². The fraction of sp³-hybridized carbons (Fsp3) is 0. The van der Waals surface area contributed by atoms with Gasteiger partial charge in [-0.2, -0.15) is 0 Å². The molecule has 0 aromatic heterocycles. The van der Waals surface area contributed by atoms with Gasteiger partial charge in [-0.15, -0.1) is 0 Å². The summed E-state index contributed by atoms with van der Waals surface area (Å²) in [7, 11) is 0. The number of hydrogen-bond donors (Lipinski definition) is 1. The van der Waals surface area contributed by atoms with Gasteiger partial charge in [0.1, 0.15) is 5.75 Å². The Labute approximate surface area is 129 Å². The van der Waals surface area contributed by atoms with Crippen LogP contribution in [0.4, 0.5) is 0 Å². The van der Waals surface area contributed by atoms with Crippen LogP contribution in [0.3, 0.4) is 0 Å². The fourth-order valence-corrected chi connectivity index (χ4v) is 2.91. The molecule has 94 valence electrons. The number of phenols is 1. The summed E-state index contributed by atoms with van der Waals surface area (Å²) >= 11 is 30.1. The monoisotopic (exact) mass is 340 g/mol. The van der Waals surface area contributed by atoms with Crippen LogP contribution in [-0.2, 0) is 0 Å². The second-order valence-corrected chi connectivity index (χ2v) is 5.48. The van der Waals surface area contributed by atoms with Gasteiger partial charge in [-0.25, -0.2) is 0 Å². The summed E-state index contributed by atoms with van der Waals surface area (Å²) in [5.74, 6) is 0.0519. The summed E-state index contributed by atoms with van der Waals surface area (Å²) in [5.41, 5.74) is 1.06. The Morgan fingerprint density at radius 3 is 2.00 bits per heavy atom. The number of aromatic hydroxyl groups is 1. The highest BCUT2D eigenvalue weighted by Gasteiger charge is 2.17. The maximum Gasteiger partial charge on any atom is 0.117 e. The van der Waals surface area contributed by atoms with Gasteiger partial charge in [0.15, 0.2) is 0 Å². The molecule has 1 N–H and O–H groups in total. The molecular formula is C12H5Cl5O. The van der Waals surface area contributed by atoms with Crippen molar-refractivity contribution in [2.75, 3.05) is 0 Å². The van der Waals surface area contributed by atoms with E-state index < -0.39 is 0 Å². The van der Waals surface area contributed by atoms with E-state index in [2.05, 4.69) is 0 Å². The smallest absolute Gasteiger partial charge is 0.117 e. The van der Waals surface area contributed by atoms with E-state index in [0.29, 0.717) is 21.2 Å². The zero-order valence-electron chi connectivity index (χ0n) is 8.65. The number of hydrogen-bond acceptors (Lipinski definition) is 1. The van der Waals surface area contributed by atoms with Crippen LogP contribution >= 0.6 is 58.0 Å². The molecule has 18 heavy (non-hydrogen) atoms. The SMILES string of the molecule is Oc1ccc(-c2c(Cl)cc(Cl)c(Cl)c2Cl)c(Cl)c1. The second-order valence-electron chi connectivity index (χ2n) is 3.51. The molecule has 2 aromatic rings. The molecule has 0 saturated heterocycles. The van der Waals surface area contributed by atoms with E-state index in [-0.39, 0.29) is 20.8 Å². The lowest BCUT2D eigenvalue weighted by Gasteiger charge is -2.12. The van der Waals surface area contributed by atoms with Gasteiger partial charge in [0.25, 0.3) is 0 Å². The van der Waals surface area contributed by atoms with E-state index in [4.69, 9.17) is 58.0 Å². The maximum absolute atomic E-state index is 9.32. The average Bonchev–Trinajstić information content (AvgIpc) is 2.29. The van der Waals surface area contributed by atoms with Gasteiger partial charge in [-0.3, -0.25) is 0 Å². The third-order valence-electron chi connectivity index (χ3n) is 2.34. The highest BCUT2D eigenvalue weighted by molar-refractivity contribution is 6.51. The van der Waals surface area contributed by atoms with Gasteiger partial charge in [0.05, 0.1) is 25.1 Å². The Bertz CT molecular complexity index is 624. The standard InChI is InChI=1S/C12H5Cl5O/c13-7-3-5(18)1-2-6(7)10-8(14)4-9(15)11(16)12(10)17/h1-4,18H. The molecule has 6 heteroatoms. The molecule has 0 heterocycles. The average molecular weight is 342 g/mol. The topological polar surface area (TPSA) is 20.2 Å². The summed E-state index contributed by atoms with van der Waals surface area (Å²) in [5, 5.41) is 10.7. The molecule has 0 radical (unpaired) electrons. The zero-order valence-corrected chi connectivity index (χ0v) is 12.4. The minimum absolute atomic E-state index is 0.0519. The van der Waals surface area contributed by atoms with E-state index >= 15 is 0 Å². The Morgan fingerprint density at radius 2 is 1.39 bits per heavy atom. The van der Waals surface area contributed by atoms with E-state index in [0.717, 1.165) is 0 Å². The lowest BCUT2D eigenvalue weighted by Crippen LogP contribution is -1.86. The van der Waals surface area contributed by atoms with Crippen molar-refractivity contribution in [1.29, 1.82) is 0 Å². The van der Waals surface area contributed by atoms with Crippen LogP contribution in [-0.4, -0.2) is 5.11 Å².